The summed E-state index contributed by atoms with van der Waals surface area (Å²) in [6, 6.07) is 7.01. The van der Waals surface area contributed by atoms with Crippen LogP contribution >= 0.6 is 11.6 Å². The summed E-state index contributed by atoms with van der Waals surface area (Å²) >= 11 is 6.23. The number of hydrogen-bond donors (Lipinski definition) is 1. The molecule has 6 nitrogen and oxygen atoms in total. The molecule has 1 N–H and O–H groups in total. The van der Waals surface area contributed by atoms with E-state index in [1.807, 2.05) is 23.7 Å². The van der Waals surface area contributed by atoms with Crippen LogP contribution in [0.25, 0.3) is 10.9 Å². The molecule has 0 aliphatic rings. The zero-order valence-corrected chi connectivity index (χ0v) is 14.4. The molecule has 0 saturated carbocycles. The predicted molar refractivity (Wildman–Crippen MR) is 96.2 cm³/mol. The van der Waals surface area contributed by atoms with Gasteiger partial charge in [-0.05, 0) is 25.1 Å². The molecular formula is C17H19ClN4O2. The van der Waals surface area contributed by atoms with Crippen LogP contribution in [0, 0.1) is 0 Å². The van der Waals surface area contributed by atoms with E-state index in [1.165, 1.54) is 10.6 Å². The average Bonchev–Trinajstić information content (AvgIpc) is 2.94. The number of anilines is 2. The van der Waals surface area contributed by atoms with Crippen LogP contribution < -0.4 is 10.9 Å². The van der Waals surface area contributed by atoms with E-state index >= 15 is 0 Å². The summed E-state index contributed by atoms with van der Waals surface area (Å²) in [5.74, 6) is 0. The monoisotopic (exact) mass is 346 g/mol. The lowest BCUT2D eigenvalue weighted by molar-refractivity contribution is 0.137. The molecule has 0 saturated heterocycles. The lowest BCUT2D eigenvalue weighted by Crippen LogP contribution is -2.14. The summed E-state index contributed by atoms with van der Waals surface area (Å²) in [7, 11) is 1.72. The van der Waals surface area contributed by atoms with Gasteiger partial charge in [0.2, 0.25) is 5.56 Å². The van der Waals surface area contributed by atoms with E-state index in [4.69, 9.17) is 16.3 Å². The second-order valence-electron chi connectivity index (χ2n) is 5.45. The van der Waals surface area contributed by atoms with E-state index in [2.05, 4.69) is 10.4 Å². The van der Waals surface area contributed by atoms with Crippen LogP contribution in [0.4, 0.5) is 11.4 Å². The fraction of sp³-hybridized carbons (Fsp3) is 0.294. The number of benzene rings is 1. The standard InChI is InChI=1S/C17H19ClN4O2/c1-3-24-7-6-22-17-12(10-19-22)8-13(18)9-15(17)20-14-4-5-16(23)21(2)11-14/h4-5,8-11,20H,3,6-7H2,1-2H3. The van der Waals surface area contributed by atoms with Gasteiger partial charge in [-0.1, -0.05) is 11.6 Å². The lowest BCUT2D eigenvalue weighted by Gasteiger charge is -2.12. The van der Waals surface area contributed by atoms with E-state index in [0.29, 0.717) is 24.8 Å². The van der Waals surface area contributed by atoms with Gasteiger partial charge in [0.15, 0.2) is 0 Å². The van der Waals surface area contributed by atoms with Crippen LogP contribution in [0.3, 0.4) is 0 Å². The second-order valence-corrected chi connectivity index (χ2v) is 5.88. The van der Waals surface area contributed by atoms with E-state index in [1.54, 1.807) is 25.5 Å². The fourth-order valence-electron chi connectivity index (χ4n) is 2.58. The number of pyridine rings is 1. The first-order valence-corrected chi connectivity index (χ1v) is 8.13. The third-order valence-electron chi connectivity index (χ3n) is 3.71. The topological polar surface area (TPSA) is 61.1 Å². The van der Waals surface area contributed by atoms with Crippen molar-refractivity contribution < 1.29 is 4.74 Å². The summed E-state index contributed by atoms with van der Waals surface area (Å²) in [5, 5.41) is 9.33. The maximum Gasteiger partial charge on any atom is 0.250 e. The number of nitrogens with one attached hydrogen (secondary N) is 1. The largest absolute Gasteiger partial charge is 0.380 e. The van der Waals surface area contributed by atoms with Gasteiger partial charge in [-0.15, -0.1) is 0 Å². The molecule has 126 valence electrons. The summed E-state index contributed by atoms with van der Waals surface area (Å²) < 4.78 is 8.84. The van der Waals surface area contributed by atoms with Crippen molar-refractivity contribution in [1.82, 2.24) is 14.3 Å². The maximum atomic E-state index is 11.5. The molecule has 3 aromatic rings. The Kier molecular flexibility index (Phi) is 4.87. The fourth-order valence-corrected chi connectivity index (χ4v) is 2.81. The van der Waals surface area contributed by atoms with Gasteiger partial charge in [0, 0.05) is 36.3 Å². The van der Waals surface area contributed by atoms with Crippen molar-refractivity contribution in [2.45, 2.75) is 13.5 Å². The molecule has 0 fully saturated rings. The average molecular weight is 347 g/mol. The van der Waals surface area contributed by atoms with E-state index in [0.717, 1.165) is 22.3 Å². The Morgan fingerprint density at radius 3 is 2.92 bits per heavy atom. The molecule has 0 aliphatic carbocycles. The zero-order valence-electron chi connectivity index (χ0n) is 13.6. The van der Waals surface area contributed by atoms with Gasteiger partial charge in [-0.25, -0.2) is 0 Å². The molecule has 0 atom stereocenters. The molecule has 1 aromatic carbocycles. The lowest BCUT2D eigenvalue weighted by atomic mass is 10.2. The van der Waals surface area contributed by atoms with Gasteiger partial charge in [0.1, 0.15) is 0 Å². The quantitative estimate of drug-likeness (QED) is 0.696. The van der Waals surface area contributed by atoms with Crippen molar-refractivity contribution in [3.63, 3.8) is 0 Å². The summed E-state index contributed by atoms with van der Waals surface area (Å²) in [6.07, 6.45) is 3.54. The highest BCUT2D eigenvalue weighted by Gasteiger charge is 2.11. The minimum absolute atomic E-state index is 0.0569. The maximum absolute atomic E-state index is 11.5. The second kappa shape index (κ2) is 7.07. The molecule has 0 aliphatic heterocycles. The van der Waals surface area contributed by atoms with Crippen molar-refractivity contribution in [1.29, 1.82) is 0 Å². The number of rotatable bonds is 6. The Hall–Kier alpha value is -2.31. The molecule has 0 amide bonds. The summed E-state index contributed by atoms with van der Waals surface area (Å²) in [4.78, 5) is 11.5. The molecule has 0 bridgehead atoms. The van der Waals surface area contributed by atoms with Crippen LogP contribution in [0.5, 0.6) is 0 Å². The highest BCUT2D eigenvalue weighted by Crippen LogP contribution is 2.30. The molecule has 3 rings (SSSR count). The minimum Gasteiger partial charge on any atom is -0.380 e. The number of nitrogens with zero attached hydrogens (tertiary/aromatic N) is 3. The smallest absolute Gasteiger partial charge is 0.250 e. The third kappa shape index (κ3) is 3.44. The van der Waals surface area contributed by atoms with Gasteiger partial charge >= 0.3 is 0 Å². The highest BCUT2D eigenvalue weighted by atomic mass is 35.5. The Labute approximate surface area is 144 Å². The predicted octanol–water partition coefficient (Wildman–Crippen LogP) is 3.17. The van der Waals surface area contributed by atoms with Crippen molar-refractivity contribution >= 4 is 33.9 Å². The normalized spacial score (nSPS) is 11.1. The van der Waals surface area contributed by atoms with Gasteiger partial charge in [0.25, 0.3) is 0 Å². The van der Waals surface area contributed by atoms with Gasteiger partial charge in [-0.2, -0.15) is 5.10 Å². The van der Waals surface area contributed by atoms with Crippen molar-refractivity contribution in [3.8, 4) is 0 Å². The molecular weight excluding hydrogens is 328 g/mol. The molecule has 0 spiro atoms. The van der Waals surface area contributed by atoms with Crippen LogP contribution in [0.15, 0.2) is 41.5 Å². The number of aryl methyl sites for hydroxylation is 1. The molecule has 0 unspecified atom stereocenters. The van der Waals surface area contributed by atoms with Crippen LogP contribution in [-0.4, -0.2) is 27.6 Å². The van der Waals surface area contributed by atoms with Crippen LogP contribution in [0.2, 0.25) is 5.02 Å². The van der Waals surface area contributed by atoms with Crippen molar-refractivity contribution in [2.75, 3.05) is 18.5 Å². The minimum atomic E-state index is -0.0569. The number of hydrogen-bond acceptors (Lipinski definition) is 4. The zero-order chi connectivity index (χ0) is 17.1. The van der Waals surface area contributed by atoms with E-state index in [-0.39, 0.29) is 5.56 Å². The van der Waals surface area contributed by atoms with E-state index in [9.17, 15) is 4.79 Å². The molecule has 0 radical (unpaired) electrons. The van der Waals surface area contributed by atoms with Gasteiger partial charge in [-0.3, -0.25) is 9.48 Å². The number of ether oxygens (including phenoxy) is 1. The molecule has 2 heterocycles. The Balaban J connectivity index is 2.00. The highest BCUT2D eigenvalue weighted by molar-refractivity contribution is 6.31. The molecule has 2 aromatic heterocycles. The summed E-state index contributed by atoms with van der Waals surface area (Å²) in [6.45, 7) is 3.89. The van der Waals surface area contributed by atoms with Gasteiger partial charge < -0.3 is 14.6 Å². The Morgan fingerprint density at radius 2 is 2.17 bits per heavy atom. The molecule has 7 heteroatoms. The Bertz CT molecular complexity index is 917. The SMILES string of the molecule is CCOCCn1ncc2cc(Cl)cc(Nc3ccc(=O)n(C)c3)c21. The van der Waals surface area contributed by atoms with Crippen molar-refractivity contribution in [2.24, 2.45) is 7.05 Å². The number of aromatic nitrogens is 3. The van der Waals surface area contributed by atoms with E-state index < -0.39 is 0 Å². The third-order valence-corrected chi connectivity index (χ3v) is 3.93. The first-order valence-electron chi connectivity index (χ1n) is 7.75. The Morgan fingerprint density at radius 1 is 1.33 bits per heavy atom. The molecule has 24 heavy (non-hydrogen) atoms. The van der Waals surface area contributed by atoms with Crippen molar-refractivity contribution in [3.05, 3.63) is 52.0 Å². The first kappa shape index (κ1) is 16.5. The number of fused-ring (bicyclic) bond motifs is 1. The van der Waals surface area contributed by atoms with Crippen LogP contribution in [-0.2, 0) is 18.3 Å². The number of halogens is 1. The van der Waals surface area contributed by atoms with Gasteiger partial charge in [0.05, 0.1) is 36.2 Å². The van der Waals surface area contributed by atoms with Crippen LogP contribution in [0.1, 0.15) is 6.92 Å². The first-order chi connectivity index (χ1) is 11.6. The summed E-state index contributed by atoms with van der Waals surface area (Å²) in [5.41, 5.74) is 2.54.